The monoisotopic (exact) mass is 454 g/mol. The molecule has 0 saturated heterocycles. The second-order valence-corrected chi connectivity index (χ2v) is 7.33. The smallest absolute Gasteiger partial charge is 0.222 e. The minimum absolute atomic E-state index is 0.0422. The molecule has 2 aromatic rings. The fourth-order valence-corrected chi connectivity index (χ4v) is 3.59. The first-order valence-electron chi connectivity index (χ1n) is 5.77. The zero-order valence-corrected chi connectivity index (χ0v) is 15.0. The summed E-state index contributed by atoms with van der Waals surface area (Å²) >= 11 is 15.0. The van der Waals surface area contributed by atoms with Gasteiger partial charge in [0.25, 0.3) is 5.25 Å². The van der Waals surface area contributed by atoms with E-state index in [-0.39, 0.29) is 37.0 Å². The topological polar surface area (TPSA) is 17.8 Å². The molecule has 0 fully saturated rings. The van der Waals surface area contributed by atoms with Crippen LogP contribution in [0.1, 0.15) is 12.5 Å². The summed E-state index contributed by atoms with van der Waals surface area (Å²) in [6.07, 6.45) is -3.48. The molecule has 0 N–H and O–H groups in total. The standard InChI is InChI=1S/C12H6BrCl2F5N2S/c1-11(16,17)23-8-4-21-22(10(8)13)9-6(14)2-5(3-7(9)15)12(18,19)20/h2-4H,1H3. The molecule has 0 unspecified atom stereocenters. The van der Waals surface area contributed by atoms with Crippen LogP contribution in [0.5, 0.6) is 0 Å². The van der Waals surface area contributed by atoms with Gasteiger partial charge in [-0.1, -0.05) is 23.2 Å². The maximum atomic E-state index is 13.1. The van der Waals surface area contributed by atoms with Crippen LogP contribution in [-0.2, 0) is 6.18 Å². The molecule has 0 bridgehead atoms. The predicted octanol–water partition coefficient (Wildman–Crippen LogP) is 6.67. The molecule has 0 aliphatic heterocycles. The number of hydrogen-bond donors (Lipinski definition) is 0. The van der Waals surface area contributed by atoms with Crippen LogP contribution in [0.2, 0.25) is 10.0 Å². The van der Waals surface area contributed by atoms with E-state index in [1.807, 2.05) is 0 Å². The number of aromatic nitrogens is 2. The van der Waals surface area contributed by atoms with Crippen molar-refractivity contribution in [3.8, 4) is 5.69 Å². The zero-order chi connectivity index (χ0) is 17.6. The van der Waals surface area contributed by atoms with Gasteiger partial charge in [-0.05, 0) is 39.8 Å². The van der Waals surface area contributed by atoms with Gasteiger partial charge < -0.3 is 0 Å². The number of thioether (sulfide) groups is 1. The van der Waals surface area contributed by atoms with Crippen LogP contribution in [0.25, 0.3) is 5.69 Å². The highest BCUT2D eigenvalue weighted by molar-refractivity contribution is 9.10. The number of alkyl halides is 5. The van der Waals surface area contributed by atoms with Crippen molar-refractivity contribution < 1.29 is 22.0 Å². The van der Waals surface area contributed by atoms with Gasteiger partial charge in [-0.25, -0.2) is 4.68 Å². The summed E-state index contributed by atoms with van der Waals surface area (Å²) in [5.41, 5.74) is -1.06. The molecule has 0 spiro atoms. The molecule has 1 aromatic heterocycles. The molecule has 0 saturated carbocycles. The van der Waals surface area contributed by atoms with Crippen LogP contribution >= 0.6 is 50.9 Å². The zero-order valence-electron chi connectivity index (χ0n) is 11.1. The fraction of sp³-hybridized carbons (Fsp3) is 0.250. The first-order chi connectivity index (χ1) is 10.4. The average Bonchev–Trinajstić information content (AvgIpc) is 2.68. The predicted molar refractivity (Wildman–Crippen MR) is 82.8 cm³/mol. The average molecular weight is 456 g/mol. The van der Waals surface area contributed by atoms with Gasteiger partial charge in [0, 0.05) is 6.92 Å². The lowest BCUT2D eigenvalue weighted by molar-refractivity contribution is -0.137. The molecule has 126 valence electrons. The first-order valence-corrected chi connectivity index (χ1v) is 8.13. The summed E-state index contributed by atoms with van der Waals surface area (Å²) in [6, 6.07) is 1.39. The van der Waals surface area contributed by atoms with Crippen LogP contribution in [0.15, 0.2) is 27.8 Å². The van der Waals surface area contributed by atoms with Crippen molar-refractivity contribution in [2.45, 2.75) is 23.3 Å². The molecular formula is C12H6BrCl2F5N2S. The highest BCUT2D eigenvalue weighted by Gasteiger charge is 2.33. The molecular weight excluding hydrogens is 450 g/mol. The lowest BCUT2D eigenvalue weighted by Crippen LogP contribution is -2.07. The Hall–Kier alpha value is -0.510. The Morgan fingerprint density at radius 2 is 1.65 bits per heavy atom. The molecule has 11 heteroatoms. The van der Waals surface area contributed by atoms with E-state index in [2.05, 4.69) is 21.0 Å². The third kappa shape index (κ3) is 4.32. The molecule has 23 heavy (non-hydrogen) atoms. The van der Waals surface area contributed by atoms with E-state index >= 15 is 0 Å². The van der Waals surface area contributed by atoms with Crippen LogP contribution < -0.4 is 0 Å². The van der Waals surface area contributed by atoms with Gasteiger partial charge in [-0.3, -0.25) is 0 Å². The molecule has 2 nitrogen and oxygen atoms in total. The van der Waals surface area contributed by atoms with Gasteiger partial charge >= 0.3 is 6.18 Å². The fourth-order valence-electron chi connectivity index (χ4n) is 1.67. The Morgan fingerprint density at radius 3 is 2.09 bits per heavy atom. The summed E-state index contributed by atoms with van der Waals surface area (Å²) in [5, 5.41) is 0.174. The Labute approximate surface area is 150 Å². The van der Waals surface area contributed by atoms with Crippen molar-refractivity contribution in [2.75, 3.05) is 0 Å². The SMILES string of the molecule is CC(F)(F)Sc1cnn(-c2c(Cl)cc(C(F)(F)F)cc2Cl)c1Br. The van der Waals surface area contributed by atoms with Gasteiger partial charge in [-0.2, -0.15) is 27.1 Å². The van der Waals surface area contributed by atoms with Crippen LogP contribution in [0.3, 0.4) is 0 Å². The van der Waals surface area contributed by atoms with E-state index in [0.717, 1.165) is 10.9 Å². The van der Waals surface area contributed by atoms with E-state index in [1.54, 1.807) is 0 Å². The maximum absolute atomic E-state index is 13.1. The summed E-state index contributed by atoms with van der Waals surface area (Å²) < 4.78 is 65.4. The molecule has 0 atom stereocenters. The summed E-state index contributed by atoms with van der Waals surface area (Å²) in [7, 11) is 0. The van der Waals surface area contributed by atoms with Crippen LogP contribution in [0.4, 0.5) is 22.0 Å². The molecule has 1 aromatic carbocycles. The van der Waals surface area contributed by atoms with E-state index in [1.165, 1.54) is 0 Å². The molecule has 2 rings (SSSR count). The Bertz CT molecular complexity index is 719. The van der Waals surface area contributed by atoms with Crippen molar-refractivity contribution in [1.82, 2.24) is 9.78 Å². The lowest BCUT2D eigenvalue weighted by Gasteiger charge is -2.13. The normalized spacial score (nSPS) is 12.7. The third-order valence-electron chi connectivity index (χ3n) is 2.52. The van der Waals surface area contributed by atoms with Crippen molar-refractivity contribution in [1.29, 1.82) is 0 Å². The Balaban J connectivity index is 2.52. The van der Waals surface area contributed by atoms with Gasteiger partial charge in [0.1, 0.15) is 10.3 Å². The van der Waals surface area contributed by atoms with Gasteiger partial charge in [-0.15, -0.1) is 0 Å². The third-order valence-corrected chi connectivity index (χ3v) is 5.00. The van der Waals surface area contributed by atoms with Crippen molar-refractivity contribution >= 4 is 50.9 Å². The first kappa shape index (κ1) is 18.8. The number of hydrogen-bond acceptors (Lipinski definition) is 2. The van der Waals surface area contributed by atoms with Gasteiger partial charge in [0.15, 0.2) is 0 Å². The molecule has 1 heterocycles. The number of halogens is 8. The number of nitrogens with zero attached hydrogens (tertiary/aromatic N) is 2. The maximum Gasteiger partial charge on any atom is 0.416 e. The van der Waals surface area contributed by atoms with Gasteiger partial charge in [0.05, 0.1) is 26.7 Å². The van der Waals surface area contributed by atoms with Crippen molar-refractivity contribution in [3.63, 3.8) is 0 Å². The number of rotatable bonds is 3. The van der Waals surface area contributed by atoms with Crippen LogP contribution in [-0.4, -0.2) is 15.0 Å². The second kappa shape index (κ2) is 6.42. The highest BCUT2D eigenvalue weighted by Crippen LogP contribution is 2.42. The minimum Gasteiger partial charge on any atom is -0.222 e. The summed E-state index contributed by atoms with van der Waals surface area (Å²) in [6.45, 7) is 0.708. The van der Waals surface area contributed by atoms with E-state index < -0.39 is 17.0 Å². The van der Waals surface area contributed by atoms with Gasteiger partial charge in [0.2, 0.25) is 0 Å². The largest absolute Gasteiger partial charge is 0.416 e. The van der Waals surface area contributed by atoms with E-state index in [4.69, 9.17) is 23.2 Å². The van der Waals surface area contributed by atoms with E-state index in [0.29, 0.717) is 19.1 Å². The lowest BCUT2D eigenvalue weighted by atomic mass is 10.2. The Kier molecular flexibility index (Phi) is 5.25. The summed E-state index contributed by atoms with van der Waals surface area (Å²) in [5.74, 6) is 0. The van der Waals surface area contributed by atoms with Crippen molar-refractivity contribution in [2.24, 2.45) is 0 Å². The molecule has 0 radical (unpaired) electrons. The Morgan fingerprint density at radius 1 is 1.13 bits per heavy atom. The molecule has 0 amide bonds. The quantitative estimate of drug-likeness (QED) is 0.380. The molecule has 0 aliphatic carbocycles. The highest BCUT2D eigenvalue weighted by atomic mass is 79.9. The minimum atomic E-state index is -4.61. The van der Waals surface area contributed by atoms with Crippen molar-refractivity contribution in [3.05, 3.63) is 38.5 Å². The summed E-state index contributed by atoms with van der Waals surface area (Å²) in [4.78, 5) is 0.0875. The number of benzene rings is 1. The van der Waals surface area contributed by atoms with Crippen LogP contribution in [0, 0.1) is 0 Å². The second-order valence-electron chi connectivity index (χ2n) is 4.41. The molecule has 0 aliphatic rings. The van der Waals surface area contributed by atoms with E-state index in [9.17, 15) is 22.0 Å².